The lowest BCUT2D eigenvalue weighted by molar-refractivity contribution is -0.0328. The van der Waals surface area contributed by atoms with E-state index < -0.39 is 5.51 Å². The number of hydrogen-bond donors (Lipinski definition) is 1. The van der Waals surface area contributed by atoms with E-state index in [1.807, 2.05) is 11.8 Å². The average Bonchev–Trinajstić information content (AvgIpc) is 2.36. The standard InChI is InChI=1S/C14H20F3NS2/c1-3-19-9-8-11(2)18-10-12-4-6-13(7-5-12)20-14(15,16)17/h4-7,11,18H,3,8-10H2,1-2H3. The highest BCUT2D eigenvalue weighted by Crippen LogP contribution is 2.36. The largest absolute Gasteiger partial charge is 0.446 e. The number of alkyl halides is 3. The van der Waals surface area contributed by atoms with Crippen molar-refractivity contribution in [2.45, 2.75) is 43.3 Å². The van der Waals surface area contributed by atoms with Crippen molar-refractivity contribution in [3.05, 3.63) is 29.8 Å². The molecule has 0 aromatic heterocycles. The third kappa shape index (κ3) is 8.07. The molecule has 0 radical (unpaired) electrons. The Morgan fingerprint density at radius 3 is 2.40 bits per heavy atom. The molecule has 0 saturated heterocycles. The van der Waals surface area contributed by atoms with Gasteiger partial charge in [0, 0.05) is 17.5 Å². The fraction of sp³-hybridized carbons (Fsp3) is 0.571. The first-order valence-corrected chi connectivity index (χ1v) is 8.53. The van der Waals surface area contributed by atoms with Crippen LogP contribution in [-0.2, 0) is 6.54 Å². The van der Waals surface area contributed by atoms with Gasteiger partial charge in [0.05, 0.1) is 0 Å². The smallest absolute Gasteiger partial charge is 0.310 e. The molecule has 1 aromatic carbocycles. The summed E-state index contributed by atoms with van der Waals surface area (Å²) in [5, 5.41) is 3.38. The molecule has 0 amide bonds. The van der Waals surface area contributed by atoms with Gasteiger partial charge in [0.25, 0.3) is 0 Å². The number of hydrogen-bond acceptors (Lipinski definition) is 3. The van der Waals surface area contributed by atoms with Gasteiger partial charge in [0.2, 0.25) is 0 Å². The second-order valence-corrected chi connectivity index (χ2v) is 6.99. The lowest BCUT2D eigenvalue weighted by Crippen LogP contribution is -2.26. The highest BCUT2D eigenvalue weighted by molar-refractivity contribution is 8.00. The molecule has 0 aliphatic carbocycles. The van der Waals surface area contributed by atoms with Crippen molar-refractivity contribution in [3.63, 3.8) is 0 Å². The van der Waals surface area contributed by atoms with Crippen molar-refractivity contribution < 1.29 is 13.2 Å². The molecule has 0 aliphatic heterocycles. The van der Waals surface area contributed by atoms with Gasteiger partial charge in [0.1, 0.15) is 0 Å². The zero-order chi connectivity index (χ0) is 15.0. The average molecular weight is 323 g/mol. The Hall–Kier alpha value is -0.330. The molecule has 0 saturated carbocycles. The topological polar surface area (TPSA) is 12.0 Å². The Kier molecular flexibility index (Phi) is 7.84. The quantitative estimate of drug-likeness (QED) is 0.539. The summed E-state index contributed by atoms with van der Waals surface area (Å²) < 4.78 is 36.6. The Balaban J connectivity index is 2.34. The molecule has 0 fully saturated rings. The van der Waals surface area contributed by atoms with Crippen LogP contribution in [0.25, 0.3) is 0 Å². The molecule has 6 heteroatoms. The third-order valence-corrected chi connectivity index (χ3v) is 4.38. The first-order valence-electron chi connectivity index (χ1n) is 6.56. The number of rotatable bonds is 8. The van der Waals surface area contributed by atoms with Crippen LogP contribution in [0.15, 0.2) is 29.2 Å². The number of thioether (sulfide) groups is 2. The Morgan fingerprint density at radius 1 is 1.20 bits per heavy atom. The van der Waals surface area contributed by atoms with E-state index in [4.69, 9.17) is 0 Å². The zero-order valence-electron chi connectivity index (χ0n) is 11.7. The van der Waals surface area contributed by atoms with E-state index in [0.717, 1.165) is 23.5 Å². The summed E-state index contributed by atoms with van der Waals surface area (Å²) in [4.78, 5) is 0.230. The first-order chi connectivity index (χ1) is 9.40. The van der Waals surface area contributed by atoms with Crippen molar-refractivity contribution >= 4 is 23.5 Å². The maximum Gasteiger partial charge on any atom is 0.446 e. The molecule has 0 spiro atoms. The highest BCUT2D eigenvalue weighted by Gasteiger charge is 2.28. The van der Waals surface area contributed by atoms with Crippen molar-refractivity contribution in [2.24, 2.45) is 0 Å². The van der Waals surface area contributed by atoms with Crippen LogP contribution in [0.1, 0.15) is 25.8 Å². The van der Waals surface area contributed by atoms with E-state index in [1.165, 1.54) is 12.1 Å². The molecule has 114 valence electrons. The van der Waals surface area contributed by atoms with Gasteiger partial charge in [-0.25, -0.2) is 0 Å². The van der Waals surface area contributed by atoms with E-state index in [0.29, 0.717) is 12.6 Å². The summed E-state index contributed by atoms with van der Waals surface area (Å²) in [7, 11) is 0. The van der Waals surface area contributed by atoms with E-state index in [2.05, 4.69) is 19.2 Å². The Morgan fingerprint density at radius 2 is 1.85 bits per heavy atom. The molecule has 1 rings (SSSR count). The van der Waals surface area contributed by atoms with E-state index >= 15 is 0 Å². The molecular weight excluding hydrogens is 303 g/mol. The molecule has 0 bridgehead atoms. The van der Waals surface area contributed by atoms with Gasteiger partial charge in [-0.3, -0.25) is 0 Å². The maximum atomic E-state index is 12.2. The maximum absolute atomic E-state index is 12.2. The number of halogens is 3. The van der Waals surface area contributed by atoms with Crippen LogP contribution in [0, 0.1) is 0 Å². The molecule has 0 aliphatic rings. The minimum Gasteiger partial charge on any atom is -0.310 e. The fourth-order valence-electron chi connectivity index (χ4n) is 1.61. The molecule has 1 aromatic rings. The SMILES string of the molecule is CCSCCC(C)NCc1ccc(SC(F)(F)F)cc1. The summed E-state index contributed by atoms with van der Waals surface area (Å²) >= 11 is 1.84. The van der Waals surface area contributed by atoms with Crippen LogP contribution in [0.4, 0.5) is 13.2 Å². The van der Waals surface area contributed by atoms with Gasteiger partial charge in [0.15, 0.2) is 0 Å². The molecule has 1 N–H and O–H groups in total. The summed E-state index contributed by atoms with van der Waals surface area (Å²) in [5.41, 5.74) is -3.21. The van der Waals surface area contributed by atoms with Crippen LogP contribution < -0.4 is 5.32 Å². The van der Waals surface area contributed by atoms with Crippen molar-refractivity contribution in [1.82, 2.24) is 5.32 Å². The number of benzene rings is 1. The van der Waals surface area contributed by atoms with Gasteiger partial charge in [-0.2, -0.15) is 24.9 Å². The lowest BCUT2D eigenvalue weighted by atomic mass is 10.2. The highest BCUT2D eigenvalue weighted by atomic mass is 32.2. The van der Waals surface area contributed by atoms with Gasteiger partial charge < -0.3 is 5.32 Å². The monoisotopic (exact) mass is 323 g/mol. The van der Waals surface area contributed by atoms with Gasteiger partial charge in [-0.15, -0.1) is 0 Å². The third-order valence-electron chi connectivity index (χ3n) is 2.71. The van der Waals surface area contributed by atoms with E-state index in [1.54, 1.807) is 12.1 Å². The molecule has 1 nitrogen and oxygen atoms in total. The van der Waals surface area contributed by atoms with Crippen LogP contribution in [0.2, 0.25) is 0 Å². The predicted molar refractivity (Wildman–Crippen MR) is 82.3 cm³/mol. The first kappa shape index (κ1) is 17.7. The molecule has 20 heavy (non-hydrogen) atoms. The van der Waals surface area contributed by atoms with Crippen molar-refractivity contribution in [1.29, 1.82) is 0 Å². The Labute approximate surface area is 127 Å². The second kappa shape index (κ2) is 8.85. The van der Waals surface area contributed by atoms with Crippen LogP contribution in [0.3, 0.4) is 0 Å². The van der Waals surface area contributed by atoms with Crippen LogP contribution in [-0.4, -0.2) is 23.1 Å². The number of nitrogens with one attached hydrogen (secondary N) is 1. The summed E-state index contributed by atoms with van der Waals surface area (Å²) in [6.07, 6.45) is 1.10. The van der Waals surface area contributed by atoms with E-state index in [9.17, 15) is 13.2 Å². The second-order valence-electron chi connectivity index (χ2n) is 4.46. The fourth-order valence-corrected chi connectivity index (χ4v) is 2.96. The van der Waals surface area contributed by atoms with Crippen molar-refractivity contribution in [2.75, 3.05) is 11.5 Å². The predicted octanol–water partition coefficient (Wildman–Crippen LogP) is 4.92. The van der Waals surface area contributed by atoms with Gasteiger partial charge >= 0.3 is 5.51 Å². The van der Waals surface area contributed by atoms with Gasteiger partial charge in [-0.1, -0.05) is 19.1 Å². The Bertz CT molecular complexity index is 379. The summed E-state index contributed by atoms with van der Waals surface area (Å²) in [6, 6.07) is 6.95. The minimum absolute atomic E-state index is 0.0757. The van der Waals surface area contributed by atoms with Gasteiger partial charge in [-0.05, 0) is 54.3 Å². The van der Waals surface area contributed by atoms with E-state index in [-0.39, 0.29) is 16.7 Å². The zero-order valence-corrected chi connectivity index (χ0v) is 13.3. The normalized spacial score (nSPS) is 13.4. The van der Waals surface area contributed by atoms with Crippen LogP contribution >= 0.6 is 23.5 Å². The summed E-state index contributed by atoms with van der Waals surface area (Å²) in [6.45, 7) is 4.96. The molecule has 1 atom stereocenters. The molecule has 1 unspecified atom stereocenters. The molecule has 0 heterocycles. The summed E-state index contributed by atoms with van der Waals surface area (Å²) in [5.74, 6) is 2.26. The van der Waals surface area contributed by atoms with Crippen molar-refractivity contribution in [3.8, 4) is 0 Å². The minimum atomic E-state index is -4.22. The van der Waals surface area contributed by atoms with Crippen LogP contribution in [0.5, 0.6) is 0 Å². The molecular formula is C14H20F3NS2. The lowest BCUT2D eigenvalue weighted by Gasteiger charge is -2.13.